The van der Waals surface area contributed by atoms with Crippen LogP contribution in [-0.2, 0) is 16.2 Å². The number of ether oxygens (including phenoxy) is 1. The molecule has 5 nitrogen and oxygen atoms in total. The van der Waals surface area contributed by atoms with Gasteiger partial charge in [0.05, 0.1) is 22.5 Å². The molecule has 4 aliphatic rings. The summed E-state index contributed by atoms with van der Waals surface area (Å²) in [5, 5.41) is 6.18. The van der Waals surface area contributed by atoms with E-state index in [4.69, 9.17) is 16.3 Å². The number of carbonyl (C=O) groups excluding carboxylic acids is 2. The van der Waals surface area contributed by atoms with E-state index in [2.05, 4.69) is 45.3 Å². The minimum absolute atomic E-state index is 0.143. The van der Waals surface area contributed by atoms with Gasteiger partial charge in [-0.05, 0) is 79.6 Å². The van der Waals surface area contributed by atoms with Crippen molar-refractivity contribution in [2.45, 2.75) is 18.4 Å². The van der Waals surface area contributed by atoms with Crippen molar-refractivity contribution in [1.82, 2.24) is 5.01 Å². The second-order valence-corrected chi connectivity index (χ2v) is 11.4. The van der Waals surface area contributed by atoms with Crippen LogP contribution < -0.4 is 4.74 Å². The molecule has 8 rings (SSSR count). The summed E-state index contributed by atoms with van der Waals surface area (Å²) in [6, 6.07) is 29.4. The van der Waals surface area contributed by atoms with Crippen LogP contribution in [0.15, 0.2) is 101 Å². The normalized spacial score (nSPS) is 22.7. The fourth-order valence-electron chi connectivity index (χ4n) is 6.36. The lowest BCUT2D eigenvalue weighted by Gasteiger charge is -2.45. The Labute approximate surface area is 239 Å². The first kappa shape index (κ1) is 24.3. The second kappa shape index (κ2) is 9.47. The van der Waals surface area contributed by atoms with Crippen molar-refractivity contribution < 1.29 is 14.3 Å². The Morgan fingerprint density at radius 2 is 1.33 bits per heavy atom. The first-order valence-corrected chi connectivity index (χ1v) is 13.9. The fraction of sp³-hybridized carbons (Fsp3) is 0.156. The van der Waals surface area contributed by atoms with E-state index in [1.54, 1.807) is 6.21 Å². The van der Waals surface area contributed by atoms with Crippen LogP contribution in [0, 0.1) is 11.8 Å². The Bertz CT molecular complexity index is 1550. The highest BCUT2D eigenvalue weighted by Crippen LogP contribution is 2.60. The molecule has 0 spiro atoms. The lowest BCUT2D eigenvalue weighted by atomic mass is 9.55. The molecule has 1 fully saturated rings. The quantitative estimate of drug-likeness (QED) is 0.186. The highest BCUT2D eigenvalue weighted by Gasteiger charge is 2.61. The third-order valence-electron chi connectivity index (χ3n) is 8.01. The maximum Gasteiger partial charge on any atom is 0.254 e. The second-order valence-electron chi connectivity index (χ2n) is 10.1. The van der Waals surface area contributed by atoms with Crippen molar-refractivity contribution in [2.24, 2.45) is 16.9 Å². The minimum Gasteiger partial charge on any atom is -0.488 e. The predicted octanol–water partition coefficient (Wildman–Crippen LogP) is 6.91. The number of benzene rings is 4. The molecule has 39 heavy (non-hydrogen) atoms. The molecule has 1 aliphatic heterocycles. The summed E-state index contributed by atoms with van der Waals surface area (Å²) in [4.78, 5) is 27.4. The van der Waals surface area contributed by atoms with Crippen LogP contribution in [0.4, 0.5) is 0 Å². The van der Waals surface area contributed by atoms with E-state index in [1.807, 2.05) is 66.7 Å². The highest BCUT2D eigenvalue weighted by molar-refractivity contribution is 9.10. The topological polar surface area (TPSA) is 59.0 Å². The molecular weight excluding hydrogens is 576 g/mol. The lowest BCUT2D eigenvalue weighted by Crippen LogP contribution is -2.41. The van der Waals surface area contributed by atoms with Gasteiger partial charge in [0, 0.05) is 16.9 Å². The van der Waals surface area contributed by atoms with Crippen molar-refractivity contribution in [1.29, 1.82) is 0 Å². The van der Waals surface area contributed by atoms with Crippen molar-refractivity contribution in [3.8, 4) is 5.75 Å². The molecule has 4 aromatic carbocycles. The molecule has 3 aliphatic carbocycles. The van der Waals surface area contributed by atoms with Crippen LogP contribution in [0.3, 0.4) is 0 Å². The van der Waals surface area contributed by atoms with Gasteiger partial charge in [0.15, 0.2) is 0 Å². The van der Waals surface area contributed by atoms with E-state index in [9.17, 15) is 9.59 Å². The zero-order valence-electron chi connectivity index (χ0n) is 20.6. The van der Waals surface area contributed by atoms with Gasteiger partial charge in [-0.1, -0.05) is 72.3 Å². The number of halogens is 2. The minimum atomic E-state index is -0.445. The van der Waals surface area contributed by atoms with Crippen LogP contribution in [-0.4, -0.2) is 23.0 Å². The number of carbonyl (C=O) groups is 2. The molecule has 2 atom stereocenters. The molecule has 1 saturated heterocycles. The van der Waals surface area contributed by atoms with Gasteiger partial charge in [0.2, 0.25) is 0 Å². The Hall–Kier alpha value is -3.74. The largest absolute Gasteiger partial charge is 0.488 e. The first-order valence-electron chi connectivity index (χ1n) is 12.8. The molecule has 2 bridgehead atoms. The summed E-state index contributed by atoms with van der Waals surface area (Å²) in [6.07, 6.45) is 1.56. The van der Waals surface area contributed by atoms with E-state index in [0.717, 1.165) is 42.9 Å². The number of hydrogen-bond donors (Lipinski definition) is 0. The standard InChI is InChI=1S/C32H22BrClN2O3/c33-25-15-19(11-14-26(25)39-17-18-9-12-20(34)13-10-18)16-35-36-31(37)29-27-21-5-1-2-6-22(21)28(30(29)32(36)38)24-8-4-3-7-23(24)27/h1-16,27-30H,17H2/b35-16-/t27?,28?,29-,30+. The zero-order chi connectivity index (χ0) is 26.7. The zero-order valence-corrected chi connectivity index (χ0v) is 23.0. The van der Waals surface area contributed by atoms with E-state index >= 15 is 0 Å². The third kappa shape index (κ3) is 3.93. The molecule has 7 heteroatoms. The van der Waals surface area contributed by atoms with E-state index < -0.39 is 11.8 Å². The number of hydrazone groups is 1. The number of hydrogen-bond acceptors (Lipinski definition) is 4. The number of nitrogens with zero attached hydrogens (tertiary/aromatic N) is 2. The molecule has 1 heterocycles. The number of imide groups is 1. The van der Waals surface area contributed by atoms with Gasteiger partial charge < -0.3 is 4.74 Å². The average molecular weight is 598 g/mol. The van der Waals surface area contributed by atoms with Gasteiger partial charge in [0.25, 0.3) is 11.8 Å². The molecule has 0 N–H and O–H groups in total. The van der Waals surface area contributed by atoms with Gasteiger partial charge in [-0.15, -0.1) is 0 Å². The van der Waals surface area contributed by atoms with Gasteiger partial charge in [-0.25, -0.2) is 0 Å². The molecule has 0 aromatic heterocycles. The Kier molecular flexibility index (Phi) is 5.90. The van der Waals surface area contributed by atoms with Gasteiger partial charge >= 0.3 is 0 Å². The molecule has 2 amide bonds. The molecule has 192 valence electrons. The Morgan fingerprint density at radius 1 is 0.795 bits per heavy atom. The SMILES string of the molecule is O=C1[C@@H]2C3c4ccccc4C(c4ccccc43)[C@@H]2C(=O)N1/N=C\c1ccc(OCc2ccc(Cl)cc2)c(Br)c1. The van der Waals surface area contributed by atoms with Crippen molar-refractivity contribution in [3.05, 3.63) is 134 Å². The van der Waals surface area contributed by atoms with Crippen LogP contribution in [0.5, 0.6) is 5.75 Å². The summed E-state index contributed by atoms with van der Waals surface area (Å²) >= 11 is 9.52. The number of amides is 2. The van der Waals surface area contributed by atoms with Crippen LogP contribution in [0.1, 0.15) is 45.2 Å². The summed E-state index contributed by atoms with van der Waals surface area (Å²) in [6.45, 7) is 0.399. The molecule has 4 aromatic rings. The maximum atomic E-state index is 13.7. The van der Waals surface area contributed by atoms with E-state index in [0.29, 0.717) is 17.4 Å². The van der Waals surface area contributed by atoms with Gasteiger partial charge in [-0.2, -0.15) is 10.1 Å². The summed E-state index contributed by atoms with van der Waals surface area (Å²) < 4.78 is 6.68. The van der Waals surface area contributed by atoms with Gasteiger partial charge in [0.1, 0.15) is 12.4 Å². The fourth-order valence-corrected chi connectivity index (χ4v) is 6.99. The first-order chi connectivity index (χ1) is 19.0. The average Bonchev–Trinajstić information content (AvgIpc) is 3.21. The smallest absolute Gasteiger partial charge is 0.254 e. The highest BCUT2D eigenvalue weighted by atomic mass is 79.9. The molecule has 0 radical (unpaired) electrons. The molecule has 0 unspecified atom stereocenters. The summed E-state index contributed by atoms with van der Waals surface area (Å²) in [7, 11) is 0. The maximum absolute atomic E-state index is 13.7. The van der Waals surface area contributed by atoms with Crippen LogP contribution >= 0.6 is 27.5 Å². The van der Waals surface area contributed by atoms with Crippen molar-refractivity contribution in [2.75, 3.05) is 0 Å². The third-order valence-corrected chi connectivity index (χ3v) is 8.88. The summed E-state index contributed by atoms with van der Waals surface area (Å²) in [5.74, 6) is -0.969. The lowest BCUT2D eigenvalue weighted by molar-refractivity contribution is -0.139. The Balaban J connectivity index is 1.14. The van der Waals surface area contributed by atoms with Crippen LogP contribution in [0.25, 0.3) is 0 Å². The van der Waals surface area contributed by atoms with Gasteiger partial charge in [-0.3, -0.25) is 9.59 Å². The van der Waals surface area contributed by atoms with E-state index in [1.165, 1.54) is 0 Å². The van der Waals surface area contributed by atoms with Crippen LogP contribution in [0.2, 0.25) is 5.02 Å². The summed E-state index contributed by atoms with van der Waals surface area (Å²) in [5.41, 5.74) is 6.33. The monoisotopic (exact) mass is 596 g/mol. The van der Waals surface area contributed by atoms with Crippen molar-refractivity contribution >= 4 is 45.6 Å². The number of rotatable bonds is 5. The predicted molar refractivity (Wildman–Crippen MR) is 153 cm³/mol. The Morgan fingerprint density at radius 3 is 1.85 bits per heavy atom. The molecule has 0 saturated carbocycles. The molecular formula is C32H22BrClN2O3. The van der Waals surface area contributed by atoms with E-state index in [-0.39, 0.29) is 23.7 Å². The van der Waals surface area contributed by atoms with Crippen molar-refractivity contribution in [3.63, 3.8) is 0 Å².